The van der Waals surface area contributed by atoms with Crippen LogP contribution in [0.2, 0.25) is 0 Å². The third-order valence-corrected chi connectivity index (χ3v) is 8.07. The first-order valence-corrected chi connectivity index (χ1v) is 12.9. The number of thioether (sulfide) groups is 1. The van der Waals surface area contributed by atoms with Crippen LogP contribution < -0.4 is 0 Å². The molecule has 2 aromatic rings. The highest BCUT2D eigenvalue weighted by Crippen LogP contribution is 2.27. The van der Waals surface area contributed by atoms with Gasteiger partial charge in [-0.05, 0) is 31.0 Å². The zero-order valence-corrected chi connectivity index (χ0v) is 18.9. The normalized spacial score (nSPS) is 18.6. The summed E-state index contributed by atoms with van der Waals surface area (Å²) in [6, 6.07) is 6.47. The molecule has 0 radical (unpaired) electrons. The van der Waals surface area contributed by atoms with Crippen LogP contribution in [0.4, 0.5) is 0 Å². The molecule has 0 aliphatic carbocycles. The Bertz CT molecular complexity index is 997. The van der Waals surface area contributed by atoms with Crippen LogP contribution in [-0.2, 0) is 19.6 Å². The van der Waals surface area contributed by atoms with Crippen molar-refractivity contribution >= 4 is 27.7 Å². The topological polar surface area (TPSA) is 106 Å². The van der Waals surface area contributed by atoms with Gasteiger partial charge in [-0.15, -0.1) is 10.2 Å². The summed E-state index contributed by atoms with van der Waals surface area (Å²) in [6.45, 7) is 3.05. The number of benzene rings is 1. The first-order valence-electron chi connectivity index (χ1n) is 10.5. The van der Waals surface area contributed by atoms with Crippen LogP contribution in [0.15, 0.2) is 38.8 Å². The molecular weight excluding hydrogens is 440 g/mol. The molecule has 0 unspecified atom stereocenters. The van der Waals surface area contributed by atoms with E-state index in [1.54, 1.807) is 18.2 Å². The van der Waals surface area contributed by atoms with Crippen molar-refractivity contribution in [3.63, 3.8) is 0 Å². The lowest BCUT2D eigenvalue weighted by atomic mass is 10.2. The van der Waals surface area contributed by atoms with Crippen molar-refractivity contribution in [3.8, 4) is 11.5 Å². The molecule has 2 saturated heterocycles. The number of sulfonamides is 1. The lowest BCUT2D eigenvalue weighted by molar-refractivity contribution is -0.128. The number of amides is 1. The fourth-order valence-electron chi connectivity index (χ4n) is 3.65. The number of hydrogen-bond donors (Lipinski definition) is 0. The first kappa shape index (κ1) is 22.3. The molecule has 3 heterocycles. The van der Waals surface area contributed by atoms with Crippen LogP contribution in [0, 0.1) is 0 Å². The Morgan fingerprint density at radius 3 is 2.52 bits per heavy atom. The molecule has 31 heavy (non-hydrogen) atoms. The van der Waals surface area contributed by atoms with E-state index < -0.39 is 10.0 Å². The van der Waals surface area contributed by atoms with Crippen LogP contribution in [0.3, 0.4) is 0 Å². The van der Waals surface area contributed by atoms with Crippen LogP contribution in [0.1, 0.15) is 25.7 Å². The molecule has 2 aliphatic heterocycles. The number of rotatable bonds is 6. The molecule has 1 amide bonds. The molecule has 0 N–H and O–H groups in total. The van der Waals surface area contributed by atoms with E-state index in [2.05, 4.69) is 10.2 Å². The van der Waals surface area contributed by atoms with Gasteiger partial charge in [0.2, 0.25) is 21.8 Å². The van der Waals surface area contributed by atoms with E-state index in [0.717, 1.165) is 25.9 Å². The maximum Gasteiger partial charge on any atom is 0.277 e. The van der Waals surface area contributed by atoms with E-state index in [1.807, 2.05) is 4.90 Å². The summed E-state index contributed by atoms with van der Waals surface area (Å²) in [6.07, 6.45) is 4.43. The third kappa shape index (κ3) is 5.46. The summed E-state index contributed by atoms with van der Waals surface area (Å²) in [5, 5.41) is 8.34. The zero-order valence-electron chi connectivity index (χ0n) is 17.2. The Balaban J connectivity index is 1.42. The fraction of sp³-hybridized carbons (Fsp3) is 0.550. The van der Waals surface area contributed by atoms with Gasteiger partial charge in [-0.25, -0.2) is 8.42 Å². The Hall–Kier alpha value is -1.95. The van der Waals surface area contributed by atoms with Crippen molar-refractivity contribution in [1.29, 1.82) is 0 Å². The number of aromatic nitrogens is 2. The van der Waals surface area contributed by atoms with E-state index in [-0.39, 0.29) is 22.4 Å². The van der Waals surface area contributed by atoms with Gasteiger partial charge in [-0.3, -0.25) is 4.79 Å². The summed E-state index contributed by atoms with van der Waals surface area (Å²) >= 11 is 1.21. The van der Waals surface area contributed by atoms with Crippen molar-refractivity contribution in [1.82, 2.24) is 19.4 Å². The van der Waals surface area contributed by atoms with Crippen molar-refractivity contribution in [2.24, 2.45) is 0 Å². The molecule has 4 rings (SSSR count). The van der Waals surface area contributed by atoms with Gasteiger partial charge in [-0.2, -0.15) is 4.31 Å². The minimum absolute atomic E-state index is 0.0743. The minimum atomic E-state index is -3.61. The number of hydrogen-bond acceptors (Lipinski definition) is 8. The number of carbonyl (C=O) groups excluding carboxylic acids is 1. The Kier molecular flexibility index (Phi) is 7.26. The van der Waals surface area contributed by atoms with E-state index >= 15 is 0 Å². The molecule has 168 valence electrons. The van der Waals surface area contributed by atoms with Crippen molar-refractivity contribution in [2.45, 2.75) is 35.8 Å². The Labute approximate surface area is 186 Å². The lowest BCUT2D eigenvalue weighted by Crippen LogP contribution is -2.40. The number of nitrogens with zero attached hydrogens (tertiary/aromatic N) is 4. The third-order valence-electron chi connectivity index (χ3n) is 5.37. The summed E-state index contributed by atoms with van der Waals surface area (Å²) in [5.41, 5.74) is 0.521. The van der Waals surface area contributed by atoms with Crippen molar-refractivity contribution < 1.29 is 22.4 Å². The molecule has 2 aliphatic rings. The van der Waals surface area contributed by atoms with Crippen molar-refractivity contribution in [3.05, 3.63) is 24.3 Å². The summed E-state index contributed by atoms with van der Waals surface area (Å²) in [4.78, 5) is 14.5. The minimum Gasteiger partial charge on any atom is -0.411 e. The second-order valence-electron chi connectivity index (χ2n) is 7.50. The second kappa shape index (κ2) is 10.1. The highest BCUT2D eigenvalue weighted by atomic mass is 32.2. The number of morpholine rings is 1. The Morgan fingerprint density at radius 2 is 1.77 bits per heavy atom. The maximum atomic E-state index is 12.9. The molecule has 9 nitrogen and oxygen atoms in total. The quantitative estimate of drug-likeness (QED) is 0.597. The first-order chi connectivity index (χ1) is 15.0. The largest absolute Gasteiger partial charge is 0.411 e. The van der Waals surface area contributed by atoms with Gasteiger partial charge in [0.25, 0.3) is 5.22 Å². The van der Waals surface area contributed by atoms with Crippen LogP contribution in [0.25, 0.3) is 11.5 Å². The molecule has 2 fully saturated rings. The highest BCUT2D eigenvalue weighted by Gasteiger charge is 2.27. The molecule has 1 aromatic heterocycles. The predicted molar refractivity (Wildman–Crippen MR) is 115 cm³/mol. The zero-order chi connectivity index (χ0) is 21.7. The second-order valence-corrected chi connectivity index (χ2v) is 10.4. The van der Waals surface area contributed by atoms with E-state index in [1.165, 1.54) is 35.0 Å². The highest BCUT2D eigenvalue weighted by molar-refractivity contribution is 7.99. The monoisotopic (exact) mass is 466 g/mol. The molecule has 1 aromatic carbocycles. The van der Waals surface area contributed by atoms with E-state index in [9.17, 15) is 13.2 Å². The lowest BCUT2D eigenvalue weighted by Gasteiger charge is -2.26. The molecule has 0 atom stereocenters. The van der Waals surface area contributed by atoms with Crippen LogP contribution in [-0.4, -0.2) is 78.9 Å². The van der Waals surface area contributed by atoms with Crippen LogP contribution in [0.5, 0.6) is 0 Å². The van der Waals surface area contributed by atoms with E-state index in [0.29, 0.717) is 37.1 Å². The summed E-state index contributed by atoms with van der Waals surface area (Å²) < 4.78 is 38.1. The fourth-order valence-corrected chi connectivity index (χ4v) is 5.77. The molecule has 0 saturated carbocycles. The average Bonchev–Trinajstić information content (AvgIpc) is 3.11. The maximum absolute atomic E-state index is 12.9. The van der Waals surface area contributed by atoms with Gasteiger partial charge < -0.3 is 14.1 Å². The van der Waals surface area contributed by atoms with Gasteiger partial charge in [0, 0.05) is 31.7 Å². The SMILES string of the molecule is O=C(CSc1nnc(-c2cccc(S(=O)(=O)N3CCOCC3)c2)o1)N1CCCCCC1. The molecule has 0 bridgehead atoms. The smallest absolute Gasteiger partial charge is 0.277 e. The molecule has 0 spiro atoms. The number of carbonyl (C=O) groups is 1. The standard InChI is InChI=1S/C20H26N4O5S2/c25-18(23-8-3-1-2-4-9-23)15-30-20-22-21-19(29-20)16-6-5-7-17(14-16)31(26,27)24-10-12-28-13-11-24/h5-7,14H,1-4,8-13,15H2. The van der Waals surface area contributed by atoms with Gasteiger partial charge in [0.05, 0.1) is 23.9 Å². The summed E-state index contributed by atoms with van der Waals surface area (Å²) in [5.74, 6) is 0.543. The molecular formula is C20H26N4O5S2. The number of likely N-dealkylation sites (tertiary alicyclic amines) is 1. The van der Waals surface area contributed by atoms with Gasteiger partial charge in [-0.1, -0.05) is 30.7 Å². The average molecular weight is 467 g/mol. The van der Waals surface area contributed by atoms with E-state index in [4.69, 9.17) is 9.15 Å². The summed E-state index contributed by atoms with van der Waals surface area (Å²) in [7, 11) is -3.61. The van der Waals surface area contributed by atoms with Crippen LogP contribution >= 0.6 is 11.8 Å². The van der Waals surface area contributed by atoms with Crippen molar-refractivity contribution in [2.75, 3.05) is 45.1 Å². The predicted octanol–water partition coefficient (Wildman–Crippen LogP) is 2.25. The van der Waals surface area contributed by atoms with Gasteiger partial charge in [0.15, 0.2) is 0 Å². The van der Waals surface area contributed by atoms with Gasteiger partial charge >= 0.3 is 0 Å². The number of ether oxygens (including phenoxy) is 1. The molecule has 11 heteroatoms. The van der Waals surface area contributed by atoms with Gasteiger partial charge in [0.1, 0.15) is 0 Å². The Morgan fingerprint density at radius 1 is 1.03 bits per heavy atom.